The Bertz CT molecular complexity index is 956. The third kappa shape index (κ3) is 5.96. The Morgan fingerprint density at radius 3 is 2.38 bits per heavy atom. The fraction of sp³-hybridized carbons (Fsp3) is 0.125. The van der Waals surface area contributed by atoms with Gasteiger partial charge in [0.15, 0.2) is 0 Å². The predicted octanol–water partition coefficient (Wildman–Crippen LogP) is 6.60. The smallest absolute Gasteiger partial charge is 0.326 e. The van der Waals surface area contributed by atoms with E-state index in [0.29, 0.717) is 13.2 Å². The minimum atomic E-state index is -0.209. The maximum absolute atomic E-state index is 13.0. The first-order valence-corrected chi connectivity index (χ1v) is 10.2. The van der Waals surface area contributed by atoms with Gasteiger partial charge in [0.25, 0.3) is 0 Å². The zero-order chi connectivity index (χ0) is 20.5. The summed E-state index contributed by atoms with van der Waals surface area (Å²) in [5.74, 6) is 0.780. The van der Waals surface area contributed by atoms with E-state index in [0.717, 1.165) is 27.2 Å². The Morgan fingerprint density at radius 1 is 1.00 bits per heavy atom. The second kappa shape index (κ2) is 10.5. The number of halogens is 1. The van der Waals surface area contributed by atoms with Gasteiger partial charge in [0.05, 0.1) is 12.3 Å². The highest BCUT2D eigenvalue weighted by atomic mass is 79.9. The van der Waals surface area contributed by atoms with Gasteiger partial charge in [0.1, 0.15) is 5.75 Å². The summed E-state index contributed by atoms with van der Waals surface area (Å²) in [6.07, 6.45) is 3.98. The van der Waals surface area contributed by atoms with E-state index in [1.165, 1.54) is 0 Å². The Balaban J connectivity index is 1.81. The van der Waals surface area contributed by atoms with Crippen LogP contribution in [0.15, 0.2) is 89.4 Å². The van der Waals surface area contributed by atoms with Crippen molar-refractivity contribution >= 4 is 39.4 Å². The molecule has 0 spiro atoms. The normalized spacial score (nSPS) is 10.7. The monoisotopic (exact) mass is 450 g/mol. The van der Waals surface area contributed by atoms with E-state index < -0.39 is 0 Å². The van der Waals surface area contributed by atoms with Crippen molar-refractivity contribution in [2.24, 2.45) is 0 Å². The van der Waals surface area contributed by atoms with Gasteiger partial charge in [-0.1, -0.05) is 54.6 Å². The molecule has 0 aliphatic heterocycles. The van der Waals surface area contributed by atoms with Crippen molar-refractivity contribution in [1.82, 2.24) is 0 Å². The van der Waals surface area contributed by atoms with Crippen molar-refractivity contribution < 1.29 is 9.53 Å². The van der Waals surface area contributed by atoms with Gasteiger partial charge >= 0.3 is 6.03 Å². The minimum absolute atomic E-state index is 0.209. The zero-order valence-electron chi connectivity index (χ0n) is 16.2. The number of nitrogens with zero attached hydrogens (tertiary/aromatic N) is 1. The molecule has 0 aliphatic carbocycles. The number of rotatable bonds is 7. The molecule has 0 saturated heterocycles. The summed E-state index contributed by atoms with van der Waals surface area (Å²) in [5, 5.41) is 2.97. The fourth-order valence-electron chi connectivity index (χ4n) is 2.80. The van der Waals surface area contributed by atoms with E-state index in [1.54, 1.807) is 4.90 Å². The SMILES string of the molecule is CCOc1ccc(N(C/C=C/c2ccccc2)C(=O)Nc2ccccc2Br)cc1. The van der Waals surface area contributed by atoms with Crippen LogP contribution in [0, 0.1) is 0 Å². The molecule has 0 saturated carbocycles. The van der Waals surface area contributed by atoms with Crippen molar-refractivity contribution in [1.29, 1.82) is 0 Å². The highest BCUT2D eigenvalue weighted by molar-refractivity contribution is 9.10. The predicted molar refractivity (Wildman–Crippen MR) is 124 cm³/mol. The molecular formula is C24H23BrN2O2. The number of urea groups is 1. The van der Waals surface area contributed by atoms with E-state index >= 15 is 0 Å². The molecule has 0 aromatic heterocycles. The number of benzene rings is 3. The number of ether oxygens (including phenoxy) is 1. The van der Waals surface area contributed by atoms with Crippen LogP contribution in [0.3, 0.4) is 0 Å². The molecule has 0 radical (unpaired) electrons. The minimum Gasteiger partial charge on any atom is -0.494 e. The van der Waals surface area contributed by atoms with Crippen LogP contribution in [0.4, 0.5) is 16.2 Å². The summed E-state index contributed by atoms with van der Waals surface area (Å²) in [6, 6.07) is 24.9. The first-order valence-electron chi connectivity index (χ1n) is 9.45. The van der Waals surface area contributed by atoms with Gasteiger partial charge in [-0.25, -0.2) is 4.79 Å². The van der Waals surface area contributed by atoms with Gasteiger partial charge in [-0.05, 0) is 64.8 Å². The molecule has 0 fully saturated rings. The van der Waals surface area contributed by atoms with Gasteiger partial charge < -0.3 is 10.1 Å². The molecule has 4 nitrogen and oxygen atoms in total. The Labute approximate surface area is 179 Å². The molecule has 0 unspecified atom stereocenters. The molecule has 148 valence electrons. The van der Waals surface area contributed by atoms with E-state index in [9.17, 15) is 4.79 Å². The van der Waals surface area contributed by atoms with Crippen LogP contribution < -0.4 is 15.0 Å². The maximum atomic E-state index is 13.0. The van der Waals surface area contributed by atoms with Crippen LogP contribution in [0.2, 0.25) is 0 Å². The van der Waals surface area contributed by atoms with E-state index in [1.807, 2.05) is 97.9 Å². The van der Waals surface area contributed by atoms with E-state index in [2.05, 4.69) is 21.2 Å². The molecule has 0 atom stereocenters. The lowest BCUT2D eigenvalue weighted by Gasteiger charge is -2.22. The summed E-state index contributed by atoms with van der Waals surface area (Å²) in [5.41, 5.74) is 2.60. The quantitative estimate of drug-likeness (QED) is 0.440. The van der Waals surface area contributed by atoms with Crippen LogP contribution in [-0.2, 0) is 0 Å². The number of anilines is 2. The fourth-order valence-corrected chi connectivity index (χ4v) is 3.18. The average Bonchev–Trinajstić information content (AvgIpc) is 2.74. The number of hydrogen-bond acceptors (Lipinski definition) is 2. The largest absolute Gasteiger partial charge is 0.494 e. The van der Waals surface area contributed by atoms with E-state index in [4.69, 9.17) is 4.74 Å². The molecule has 3 aromatic rings. The Morgan fingerprint density at radius 2 is 1.69 bits per heavy atom. The standard InChI is InChI=1S/C24H23BrN2O2/c1-2-29-21-16-14-20(15-17-21)27(18-8-11-19-9-4-3-5-10-19)24(28)26-23-13-7-6-12-22(23)25/h3-17H,2,18H2,1H3,(H,26,28)/b11-8+. The van der Waals surface area contributed by atoms with Crippen LogP contribution in [0.1, 0.15) is 12.5 Å². The van der Waals surface area contributed by atoms with Crippen molar-refractivity contribution in [3.63, 3.8) is 0 Å². The lowest BCUT2D eigenvalue weighted by Crippen LogP contribution is -2.35. The van der Waals surface area contributed by atoms with Gasteiger partial charge in [-0.3, -0.25) is 4.90 Å². The molecule has 5 heteroatoms. The summed E-state index contributed by atoms with van der Waals surface area (Å²) < 4.78 is 6.35. The van der Waals surface area contributed by atoms with Crippen molar-refractivity contribution in [2.45, 2.75) is 6.92 Å². The number of carbonyl (C=O) groups is 1. The zero-order valence-corrected chi connectivity index (χ0v) is 17.8. The maximum Gasteiger partial charge on any atom is 0.326 e. The average molecular weight is 451 g/mol. The number of nitrogens with one attached hydrogen (secondary N) is 1. The third-order valence-corrected chi connectivity index (χ3v) is 4.91. The molecule has 1 N–H and O–H groups in total. The molecule has 0 bridgehead atoms. The Kier molecular flexibility index (Phi) is 7.47. The van der Waals surface area contributed by atoms with Crippen molar-refractivity contribution in [3.8, 4) is 5.75 Å². The van der Waals surface area contributed by atoms with Gasteiger partial charge in [-0.2, -0.15) is 0 Å². The summed E-state index contributed by atoms with van der Waals surface area (Å²) in [6.45, 7) is 2.98. The third-order valence-electron chi connectivity index (χ3n) is 4.22. The lowest BCUT2D eigenvalue weighted by molar-refractivity contribution is 0.257. The summed E-state index contributed by atoms with van der Waals surface area (Å²) in [4.78, 5) is 14.7. The number of carbonyl (C=O) groups excluding carboxylic acids is 1. The number of amides is 2. The summed E-state index contributed by atoms with van der Waals surface area (Å²) in [7, 11) is 0. The second-order valence-corrected chi connectivity index (χ2v) is 7.11. The van der Waals surface area contributed by atoms with E-state index in [-0.39, 0.29) is 6.03 Å². The highest BCUT2D eigenvalue weighted by Gasteiger charge is 2.16. The molecule has 2 amide bonds. The van der Waals surface area contributed by atoms with Gasteiger partial charge in [-0.15, -0.1) is 0 Å². The summed E-state index contributed by atoms with van der Waals surface area (Å²) >= 11 is 3.48. The molecular weight excluding hydrogens is 428 g/mol. The highest BCUT2D eigenvalue weighted by Crippen LogP contribution is 2.24. The topological polar surface area (TPSA) is 41.6 Å². The van der Waals surface area contributed by atoms with Crippen LogP contribution in [0.5, 0.6) is 5.75 Å². The molecule has 0 aliphatic rings. The first kappa shape index (κ1) is 20.7. The molecule has 29 heavy (non-hydrogen) atoms. The Hall–Kier alpha value is -3.05. The second-order valence-electron chi connectivity index (χ2n) is 6.26. The molecule has 3 aromatic carbocycles. The van der Waals surface area contributed by atoms with Crippen molar-refractivity contribution in [2.75, 3.05) is 23.4 Å². The van der Waals surface area contributed by atoms with Crippen LogP contribution in [0.25, 0.3) is 6.08 Å². The number of hydrogen-bond donors (Lipinski definition) is 1. The van der Waals surface area contributed by atoms with Gasteiger partial charge in [0.2, 0.25) is 0 Å². The van der Waals surface area contributed by atoms with Crippen LogP contribution in [-0.4, -0.2) is 19.2 Å². The lowest BCUT2D eigenvalue weighted by atomic mass is 10.2. The van der Waals surface area contributed by atoms with Crippen molar-refractivity contribution in [3.05, 3.63) is 95.0 Å². The van der Waals surface area contributed by atoms with Crippen LogP contribution >= 0.6 is 15.9 Å². The molecule has 0 heterocycles. The first-order chi connectivity index (χ1) is 14.2. The van der Waals surface area contributed by atoms with Gasteiger partial charge in [0, 0.05) is 16.7 Å². The number of para-hydroxylation sites is 1. The molecule has 3 rings (SSSR count).